The van der Waals surface area contributed by atoms with Crippen LogP contribution in [0.15, 0.2) is 48.5 Å². The van der Waals surface area contributed by atoms with Crippen LogP contribution in [-0.4, -0.2) is 17.5 Å². The Labute approximate surface area is 161 Å². The Morgan fingerprint density at radius 1 is 1.12 bits per heavy atom. The van der Waals surface area contributed by atoms with Crippen molar-refractivity contribution in [2.24, 2.45) is 5.73 Å². The molecule has 1 unspecified atom stereocenters. The maximum atomic E-state index is 12.0. The first-order valence-electron chi connectivity index (χ1n) is 8.82. The molecule has 1 aliphatic rings. The minimum Gasteiger partial charge on any atom is -0.489 e. The van der Waals surface area contributed by atoms with Crippen LogP contribution >= 0.6 is 12.4 Å². The fourth-order valence-electron chi connectivity index (χ4n) is 2.71. The number of ether oxygens (including phenoxy) is 1. The van der Waals surface area contributed by atoms with E-state index in [1.807, 2.05) is 31.2 Å². The molecule has 0 saturated heterocycles. The first-order chi connectivity index (χ1) is 11.9. The van der Waals surface area contributed by atoms with E-state index in [4.69, 9.17) is 10.5 Å². The molecule has 5 heteroatoms. The summed E-state index contributed by atoms with van der Waals surface area (Å²) in [5.41, 5.74) is 8.87. The number of nitrogens with two attached hydrogens (primary N) is 1. The van der Waals surface area contributed by atoms with Gasteiger partial charge in [0.1, 0.15) is 12.4 Å². The lowest BCUT2D eigenvalue weighted by atomic mass is 10.1. The second-order valence-corrected chi connectivity index (χ2v) is 7.15. The molecule has 1 atom stereocenters. The zero-order chi connectivity index (χ0) is 17.9. The smallest absolute Gasteiger partial charge is 0.240 e. The number of aryl methyl sites for hydroxylation is 1. The Morgan fingerprint density at radius 2 is 1.69 bits per heavy atom. The second-order valence-electron chi connectivity index (χ2n) is 7.15. The van der Waals surface area contributed by atoms with Gasteiger partial charge < -0.3 is 15.8 Å². The van der Waals surface area contributed by atoms with Gasteiger partial charge >= 0.3 is 0 Å². The highest BCUT2D eigenvalue weighted by Crippen LogP contribution is 2.32. The molecular weight excluding hydrogens is 348 g/mol. The van der Waals surface area contributed by atoms with Gasteiger partial charge in [-0.15, -0.1) is 12.4 Å². The lowest BCUT2D eigenvalue weighted by Crippen LogP contribution is -2.46. The van der Waals surface area contributed by atoms with E-state index in [1.54, 1.807) is 0 Å². The van der Waals surface area contributed by atoms with Gasteiger partial charge in [-0.2, -0.15) is 0 Å². The number of carbonyl (C=O) groups is 1. The van der Waals surface area contributed by atoms with E-state index >= 15 is 0 Å². The highest BCUT2D eigenvalue weighted by Gasteiger charge is 2.46. The average molecular weight is 375 g/mol. The van der Waals surface area contributed by atoms with Crippen molar-refractivity contribution in [1.29, 1.82) is 0 Å². The van der Waals surface area contributed by atoms with Crippen LogP contribution in [0.25, 0.3) is 0 Å². The summed E-state index contributed by atoms with van der Waals surface area (Å²) in [5, 5.41) is 3.00. The third-order valence-corrected chi connectivity index (χ3v) is 4.61. The molecule has 0 radical (unpaired) electrons. The topological polar surface area (TPSA) is 64.3 Å². The number of amides is 1. The number of benzene rings is 2. The fourth-order valence-corrected chi connectivity index (χ4v) is 2.71. The Bertz CT molecular complexity index is 725. The monoisotopic (exact) mass is 374 g/mol. The van der Waals surface area contributed by atoms with E-state index in [1.165, 1.54) is 5.56 Å². The van der Waals surface area contributed by atoms with Crippen molar-refractivity contribution in [3.8, 4) is 5.75 Å². The van der Waals surface area contributed by atoms with Crippen molar-refractivity contribution in [2.75, 3.05) is 0 Å². The molecule has 26 heavy (non-hydrogen) atoms. The van der Waals surface area contributed by atoms with Gasteiger partial charge in [-0.3, -0.25) is 4.79 Å². The van der Waals surface area contributed by atoms with Gasteiger partial charge in [-0.25, -0.2) is 0 Å². The third kappa shape index (κ3) is 5.48. The molecule has 0 heterocycles. The molecule has 1 saturated carbocycles. The standard InChI is InChI=1S/C21H26N2O2.ClH/c1-15-3-5-18(6-4-15)14-25-19-9-7-17(8-10-19)13-16(2)23-20(24)21(22)11-12-21;/h3-10,16H,11-14,22H2,1-2H3,(H,23,24);1H. The summed E-state index contributed by atoms with van der Waals surface area (Å²) in [5.74, 6) is 0.818. The maximum absolute atomic E-state index is 12.0. The first-order valence-corrected chi connectivity index (χ1v) is 8.82. The van der Waals surface area contributed by atoms with Crippen molar-refractivity contribution in [2.45, 2.75) is 51.3 Å². The second kappa shape index (κ2) is 8.56. The van der Waals surface area contributed by atoms with Gasteiger partial charge in [0, 0.05) is 6.04 Å². The van der Waals surface area contributed by atoms with E-state index in [2.05, 4.69) is 36.5 Å². The van der Waals surface area contributed by atoms with Gasteiger partial charge in [0.2, 0.25) is 5.91 Å². The van der Waals surface area contributed by atoms with Crippen molar-refractivity contribution in [1.82, 2.24) is 5.32 Å². The molecule has 0 aromatic heterocycles. The third-order valence-electron chi connectivity index (χ3n) is 4.61. The molecule has 2 aromatic carbocycles. The van der Waals surface area contributed by atoms with Gasteiger partial charge in [0.25, 0.3) is 0 Å². The van der Waals surface area contributed by atoms with Gasteiger partial charge in [-0.1, -0.05) is 42.0 Å². The minimum absolute atomic E-state index is 0. The summed E-state index contributed by atoms with van der Waals surface area (Å²) in [7, 11) is 0. The van der Waals surface area contributed by atoms with Crippen LogP contribution < -0.4 is 15.8 Å². The number of halogens is 1. The molecular formula is C21H27ClN2O2. The largest absolute Gasteiger partial charge is 0.489 e. The minimum atomic E-state index is -0.609. The van der Waals surface area contributed by atoms with Crippen LogP contribution in [0.5, 0.6) is 5.75 Å². The molecule has 1 fully saturated rings. The Kier molecular flexibility index (Phi) is 6.68. The molecule has 1 aliphatic carbocycles. The van der Waals surface area contributed by atoms with Crippen LogP contribution in [0.1, 0.15) is 36.5 Å². The zero-order valence-corrected chi connectivity index (χ0v) is 16.1. The molecule has 140 valence electrons. The van der Waals surface area contributed by atoms with Crippen molar-refractivity contribution in [3.63, 3.8) is 0 Å². The molecule has 0 bridgehead atoms. The highest BCUT2D eigenvalue weighted by molar-refractivity contribution is 5.89. The molecule has 0 aliphatic heterocycles. The number of nitrogens with one attached hydrogen (secondary N) is 1. The predicted molar refractivity (Wildman–Crippen MR) is 107 cm³/mol. The fraction of sp³-hybridized carbons (Fsp3) is 0.381. The average Bonchev–Trinajstić information content (AvgIpc) is 3.35. The van der Waals surface area contributed by atoms with E-state index < -0.39 is 5.54 Å². The summed E-state index contributed by atoms with van der Waals surface area (Å²) in [4.78, 5) is 12.0. The summed E-state index contributed by atoms with van der Waals surface area (Å²) < 4.78 is 5.82. The molecule has 4 nitrogen and oxygen atoms in total. The number of carbonyl (C=O) groups excluding carboxylic acids is 1. The van der Waals surface area contributed by atoms with Crippen LogP contribution in [-0.2, 0) is 17.8 Å². The van der Waals surface area contributed by atoms with Gasteiger partial charge in [0.15, 0.2) is 0 Å². The lowest BCUT2D eigenvalue weighted by Gasteiger charge is -2.17. The van der Waals surface area contributed by atoms with Crippen LogP contribution in [0.2, 0.25) is 0 Å². The normalized spacial score (nSPS) is 15.5. The van der Waals surface area contributed by atoms with E-state index in [0.29, 0.717) is 6.61 Å². The molecule has 0 spiro atoms. The Hall–Kier alpha value is -2.04. The number of hydrogen-bond donors (Lipinski definition) is 2. The summed E-state index contributed by atoms with van der Waals surface area (Å²) in [6, 6.07) is 16.4. The van der Waals surface area contributed by atoms with E-state index in [-0.39, 0.29) is 24.4 Å². The highest BCUT2D eigenvalue weighted by atomic mass is 35.5. The quantitative estimate of drug-likeness (QED) is 0.779. The number of hydrogen-bond acceptors (Lipinski definition) is 3. The van der Waals surface area contributed by atoms with Crippen LogP contribution in [0.3, 0.4) is 0 Å². The first kappa shape index (κ1) is 20.3. The Morgan fingerprint density at radius 3 is 2.27 bits per heavy atom. The molecule has 3 rings (SSSR count). The van der Waals surface area contributed by atoms with Crippen LogP contribution in [0.4, 0.5) is 0 Å². The van der Waals surface area contributed by atoms with E-state index in [9.17, 15) is 4.79 Å². The predicted octanol–water partition coefficient (Wildman–Crippen LogP) is 3.53. The van der Waals surface area contributed by atoms with Crippen molar-refractivity contribution >= 4 is 18.3 Å². The summed E-state index contributed by atoms with van der Waals surface area (Å²) in [6.45, 7) is 4.64. The lowest BCUT2D eigenvalue weighted by molar-refractivity contribution is -0.123. The van der Waals surface area contributed by atoms with Gasteiger partial charge in [0.05, 0.1) is 5.54 Å². The Balaban J connectivity index is 0.00000243. The van der Waals surface area contributed by atoms with Crippen molar-refractivity contribution in [3.05, 3.63) is 65.2 Å². The molecule has 3 N–H and O–H groups in total. The summed E-state index contributed by atoms with van der Waals surface area (Å²) in [6.07, 6.45) is 2.36. The van der Waals surface area contributed by atoms with Crippen molar-refractivity contribution < 1.29 is 9.53 Å². The molecule has 2 aromatic rings. The van der Waals surface area contributed by atoms with E-state index in [0.717, 1.165) is 36.1 Å². The summed E-state index contributed by atoms with van der Waals surface area (Å²) >= 11 is 0. The van der Waals surface area contributed by atoms with Crippen LogP contribution in [0, 0.1) is 6.92 Å². The molecule has 1 amide bonds. The number of rotatable bonds is 7. The maximum Gasteiger partial charge on any atom is 0.240 e. The SMILES string of the molecule is Cc1ccc(COc2ccc(CC(C)NC(=O)C3(N)CC3)cc2)cc1.Cl. The van der Waals surface area contributed by atoms with Gasteiger partial charge in [-0.05, 0) is 56.4 Å². The zero-order valence-electron chi connectivity index (χ0n) is 15.3.